The summed E-state index contributed by atoms with van der Waals surface area (Å²) in [5.74, 6) is 0. The lowest BCUT2D eigenvalue weighted by Crippen LogP contribution is -2.27. The van der Waals surface area contributed by atoms with E-state index >= 15 is 0 Å². The van der Waals surface area contributed by atoms with Crippen LogP contribution < -0.4 is 9.46 Å². The van der Waals surface area contributed by atoms with Gasteiger partial charge < -0.3 is 4.74 Å². The van der Waals surface area contributed by atoms with Gasteiger partial charge in [-0.15, -0.1) is 0 Å². The summed E-state index contributed by atoms with van der Waals surface area (Å²) in [5.41, 5.74) is 1.64. The summed E-state index contributed by atoms with van der Waals surface area (Å²) in [5, 5.41) is 0. The van der Waals surface area contributed by atoms with Gasteiger partial charge in [0.2, 0.25) is 10.0 Å². The molecule has 0 fully saturated rings. The first-order valence-electron chi connectivity index (χ1n) is 4.76. The van der Waals surface area contributed by atoms with Gasteiger partial charge in [-0.05, 0) is 19.9 Å². The molecule has 0 spiro atoms. The molecule has 1 heterocycles. The monoisotopic (exact) mass is 245 g/mol. The van der Waals surface area contributed by atoms with Crippen LogP contribution in [0.2, 0.25) is 0 Å². The molecule has 1 aromatic rings. The highest BCUT2D eigenvalue weighted by molar-refractivity contribution is 7.88. The molecule has 1 rings (SSSR count). The smallest absolute Gasteiger partial charge is 0.316 e. The molecule has 0 bridgehead atoms. The minimum atomic E-state index is -3.17. The first-order valence-corrected chi connectivity index (χ1v) is 6.66. The maximum atomic E-state index is 10.8. The normalized spacial score (nSPS) is 11.4. The van der Waals surface area contributed by atoms with Crippen LogP contribution in [0.5, 0.6) is 6.01 Å². The fourth-order valence-corrected chi connectivity index (χ4v) is 1.58. The van der Waals surface area contributed by atoms with E-state index in [4.69, 9.17) is 4.74 Å². The van der Waals surface area contributed by atoms with Crippen molar-refractivity contribution in [2.45, 2.75) is 13.8 Å². The van der Waals surface area contributed by atoms with Crippen molar-refractivity contribution < 1.29 is 13.2 Å². The molecule has 0 aliphatic carbocycles. The molecule has 0 amide bonds. The largest absolute Gasteiger partial charge is 0.462 e. The average molecular weight is 245 g/mol. The number of nitrogens with one attached hydrogen (secondary N) is 1. The molecule has 7 heteroatoms. The Morgan fingerprint density at radius 3 is 2.38 bits per heavy atom. The maximum Gasteiger partial charge on any atom is 0.316 e. The molecule has 90 valence electrons. The third-order valence-corrected chi connectivity index (χ3v) is 2.39. The number of rotatable bonds is 5. The van der Waals surface area contributed by atoms with Crippen molar-refractivity contribution >= 4 is 10.0 Å². The van der Waals surface area contributed by atoms with E-state index in [2.05, 4.69) is 14.7 Å². The first kappa shape index (κ1) is 12.9. The summed E-state index contributed by atoms with van der Waals surface area (Å²) in [6, 6.07) is 2.11. The Balaban J connectivity index is 2.43. The van der Waals surface area contributed by atoms with Crippen molar-refractivity contribution in [2.75, 3.05) is 19.4 Å². The average Bonchev–Trinajstić information content (AvgIpc) is 2.09. The molecule has 0 aromatic carbocycles. The van der Waals surface area contributed by atoms with Gasteiger partial charge in [0.05, 0.1) is 6.26 Å². The van der Waals surface area contributed by atoms with Crippen LogP contribution in [0.3, 0.4) is 0 Å². The lowest BCUT2D eigenvalue weighted by atomic mass is 10.4. The highest BCUT2D eigenvalue weighted by Crippen LogP contribution is 2.05. The minimum absolute atomic E-state index is 0.204. The van der Waals surface area contributed by atoms with E-state index in [0.717, 1.165) is 17.6 Å². The molecular weight excluding hydrogens is 230 g/mol. The Bertz CT molecular complexity index is 439. The van der Waals surface area contributed by atoms with Crippen LogP contribution in [-0.4, -0.2) is 37.8 Å². The van der Waals surface area contributed by atoms with E-state index in [0.29, 0.717) is 0 Å². The van der Waals surface area contributed by atoms with Gasteiger partial charge in [-0.3, -0.25) is 0 Å². The maximum absolute atomic E-state index is 10.8. The molecule has 0 atom stereocenters. The van der Waals surface area contributed by atoms with E-state index < -0.39 is 10.0 Å². The molecule has 16 heavy (non-hydrogen) atoms. The molecular formula is C9H15N3O3S. The molecule has 0 radical (unpaired) electrons. The van der Waals surface area contributed by atoms with Gasteiger partial charge in [-0.1, -0.05) is 0 Å². The first-order chi connectivity index (χ1) is 7.37. The van der Waals surface area contributed by atoms with Crippen LogP contribution in [0.1, 0.15) is 11.4 Å². The van der Waals surface area contributed by atoms with Gasteiger partial charge in [0.1, 0.15) is 6.61 Å². The zero-order chi connectivity index (χ0) is 12.2. The summed E-state index contributed by atoms with van der Waals surface area (Å²) in [4.78, 5) is 8.11. The molecule has 6 nitrogen and oxygen atoms in total. The molecule has 0 unspecified atom stereocenters. The van der Waals surface area contributed by atoms with Crippen molar-refractivity contribution in [2.24, 2.45) is 0 Å². The summed E-state index contributed by atoms with van der Waals surface area (Å²) in [6.07, 6.45) is 1.10. The summed E-state index contributed by atoms with van der Waals surface area (Å²) < 4.78 is 29.0. The Kier molecular flexibility index (Phi) is 4.19. The second-order valence-corrected chi connectivity index (χ2v) is 5.28. The summed E-state index contributed by atoms with van der Waals surface area (Å²) in [7, 11) is -3.17. The number of nitrogens with zero attached hydrogens (tertiary/aromatic N) is 2. The van der Waals surface area contributed by atoms with Crippen LogP contribution in [0.4, 0.5) is 0 Å². The fraction of sp³-hybridized carbons (Fsp3) is 0.556. The lowest BCUT2D eigenvalue weighted by molar-refractivity contribution is 0.296. The number of hydrogen-bond acceptors (Lipinski definition) is 5. The second kappa shape index (κ2) is 5.22. The molecule has 1 N–H and O–H groups in total. The lowest BCUT2D eigenvalue weighted by Gasteiger charge is -2.06. The zero-order valence-corrected chi connectivity index (χ0v) is 10.3. The van der Waals surface area contributed by atoms with E-state index in [1.165, 1.54) is 0 Å². The van der Waals surface area contributed by atoms with Gasteiger partial charge >= 0.3 is 6.01 Å². The van der Waals surface area contributed by atoms with Gasteiger partial charge in [0, 0.05) is 17.9 Å². The zero-order valence-electron chi connectivity index (χ0n) is 9.52. The summed E-state index contributed by atoms with van der Waals surface area (Å²) >= 11 is 0. The number of hydrogen-bond donors (Lipinski definition) is 1. The number of sulfonamides is 1. The predicted molar refractivity (Wildman–Crippen MR) is 59.8 cm³/mol. The molecule has 0 saturated heterocycles. The van der Waals surface area contributed by atoms with Crippen LogP contribution in [0.25, 0.3) is 0 Å². The van der Waals surface area contributed by atoms with Crippen molar-refractivity contribution in [1.29, 1.82) is 0 Å². The number of aromatic nitrogens is 2. The molecule has 0 aliphatic rings. The Hall–Kier alpha value is -1.21. The van der Waals surface area contributed by atoms with E-state index in [1.807, 2.05) is 19.9 Å². The summed E-state index contributed by atoms with van der Waals surface area (Å²) in [6.45, 7) is 4.09. The Labute approximate surface area is 95.1 Å². The molecule has 1 aromatic heterocycles. The number of aryl methyl sites for hydroxylation is 2. The minimum Gasteiger partial charge on any atom is -0.462 e. The molecule has 0 saturated carbocycles. The van der Waals surface area contributed by atoms with Gasteiger partial charge in [0.15, 0.2) is 0 Å². The number of ether oxygens (including phenoxy) is 1. The fourth-order valence-electron chi connectivity index (χ4n) is 1.13. The van der Waals surface area contributed by atoms with E-state index in [1.54, 1.807) is 0 Å². The quantitative estimate of drug-likeness (QED) is 0.740. The molecule has 0 aliphatic heterocycles. The van der Waals surface area contributed by atoms with Gasteiger partial charge in [0.25, 0.3) is 0 Å². The van der Waals surface area contributed by atoms with Crippen LogP contribution in [0, 0.1) is 13.8 Å². The van der Waals surface area contributed by atoms with Crippen molar-refractivity contribution in [3.05, 3.63) is 17.5 Å². The van der Waals surface area contributed by atoms with Crippen molar-refractivity contribution in [3.63, 3.8) is 0 Å². The SMILES string of the molecule is Cc1cc(C)nc(OCCNS(C)(=O)=O)n1. The van der Waals surface area contributed by atoms with Crippen LogP contribution >= 0.6 is 0 Å². The third-order valence-electron chi connectivity index (χ3n) is 1.66. The van der Waals surface area contributed by atoms with Crippen molar-refractivity contribution in [3.8, 4) is 6.01 Å². The highest BCUT2D eigenvalue weighted by Gasteiger charge is 2.02. The Morgan fingerprint density at radius 1 is 1.31 bits per heavy atom. The van der Waals surface area contributed by atoms with Gasteiger partial charge in [-0.2, -0.15) is 0 Å². The Morgan fingerprint density at radius 2 is 1.88 bits per heavy atom. The predicted octanol–water partition coefficient (Wildman–Crippen LogP) is 0.0214. The standard InChI is InChI=1S/C9H15N3O3S/c1-7-6-8(2)12-9(11-7)15-5-4-10-16(3,13)14/h6,10H,4-5H2,1-3H3. The van der Waals surface area contributed by atoms with E-state index in [9.17, 15) is 8.42 Å². The van der Waals surface area contributed by atoms with E-state index in [-0.39, 0.29) is 19.2 Å². The topological polar surface area (TPSA) is 81.2 Å². The van der Waals surface area contributed by atoms with Crippen LogP contribution in [-0.2, 0) is 10.0 Å². The third kappa shape index (κ3) is 5.04. The second-order valence-electron chi connectivity index (χ2n) is 3.45. The highest BCUT2D eigenvalue weighted by atomic mass is 32.2. The van der Waals surface area contributed by atoms with Crippen molar-refractivity contribution in [1.82, 2.24) is 14.7 Å². The van der Waals surface area contributed by atoms with Crippen LogP contribution in [0.15, 0.2) is 6.07 Å². The van der Waals surface area contributed by atoms with Gasteiger partial charge in [-0.25, -0.2) is 23.1 Å².